The summed E-state index contributed by atoms with van der Waals surface area (Å²) in [4.78, 5) is 26.1. The van der Waals surface area contributed by atoms with Gasteiger partial charge in [0.15, 0.2) is 0 Å². The molecule has 0 unspecified atom stereocenters. The van der Waals surface area contributed by atoms with Crippen LogP contribution in [0.1, 0.15) is 31.7 Å². The van der Waals surface area contributed by atoms with Gasteiger partial charge in [0, 0.05) is 24.6 Å². The minimum absolute atomic E-state index is 0.00645. The molecule has 0 N–H and O–H groups in total. The number of carbonyl (C=O) groups excluding carboxylic acids is 1. The maximum atomic E-state index is 12.1. The third-order valence-electron chi connectivity index (χ3n) is 4.64. The summed E-state index contributed by atoms with van der Waals surface area (Å²) in [5.41, 5.74) is 0.796. The van der Waals surface area contributed by atoms with E-state index in [0.717, 1.165) is 31.2 Å². The highest BCUT2D eigenvalue weighted by Gasteiger charge is 2.35. The lowest BCUT2D eigenvalue weighted by molar-refractivity contribution is -0.133. The van der Waals surface area contributed by atoms with Crippen LogP contribution in [-0.4, -0.2) is 33.7 Å². The van der Waals surface area contributed by atoms with E-state index in [2.05, 4.69) is 5.10 Å². The molecule has 1 saturated carbocycles. The molecule has 2 aromatic rings. The van der Waals surface area contributed by atoms with Crippen molar-refractivity contribution < 1.29 is 9.21 Å². The van der Waals surface area contributed by atoms with Gasteiger partial charge >= 0.3 is 5.76 Å². The average molecular weight is 313 g/mol. The maximum Gasteiger partial charge on any atom is 0.437 e. The molecule has 0 bridgehead atoms. The van der Waals surface area contributed by atoms with Crippen molar-refractivity contribution in [1.29, 1.82) is 0 Å². The van der Waals surface area contributed by atoms with Crippen molar-refractivity contribution in [2.24, 2.45) is 5.92 Å². The Bertz CT molecular complexity index is 753. The van der Waals surface area contributed by atoms with Gasteiger partial charge in [-0.2, -0.15) is 4.68 Å². The number of aromatic nitrogens is 2. The van der Waals surface area contributed by atoms with Crippen molar-refractivity contribution in [1.82, 2.24) is 14.7 Å². The molecule has 2 aliphatic rings. The fraction of sp³-hybridized carbons (Fsp3) is 0.471. The summed E-state index contributed by atoms with van der Waals surface area (Å²) < 4.78 is 6.74. The second-order valence-corrected chi connectivity index (χ2v) is 6.31. The quantitative estimate of drug-likeness (QED) is 0.870. The van der Waals surface area contributed by atoms with Crippen molar-refractivity contribution >= 4 is 5.91 Å². The van der Waals surface area contributed by atoms with E-state index in [4.69, 9.17) is 4.42 Å². The maximum absolute atomic E-state index is 12.1. The van der Waals surface area contributed by atoms with Crippen molar-refractivity contribution in [3.8, 4) is 11.5 Å². The zero-order valence-corrected chi connectivity index (χ0v) is 12.9. The molecular formula is C17H19N3O3. The van der Waals surface area contributed by atoms with Crippen molar-refractivity contribution in [3.63, 3.8) is 0 Å². The highest BCUT2D eigenvalue weighted by Crippen LogP contribution is 2.33. The van der Waals surface area contributed by atoms with Gasteiger partial charge in [-0.1, -0.05) is 18.2 Å². The molecule has 23 heavy (non-hydrogen) atoms. The van der Waals surface area contributed by atoms with E-state index >= 15 is 0 Å². The van der Waals surface area contributed by atoms with E-state index in [9.17, 15) is 9.59 Å². The summed E-state index contributed by atoms with van der Waals surface area (Å²) >= 11 is 0. The lowest BCUT2D eigenvalue weighted by Crippen LogP contribution is -2.41. The van der Waals surface area contributed by atoms with Crippen LogP contribution in [0.2, 0.25) is 0 Å². The van der Waals surface area contributed by atoms with Gasteiger partial charge in [0.25, 0.3) is 0 Å². The molecular weight excluding hydrogens is 294 g/mol. The fourth-order valence-electron chi connectivity index (χ4n) is 3.14. The number of amides is 1. The average Bonchev–Trinajstić information content (AvgIpc) is 3.37. The first kappa shape index (κ1) is 14.2. The summed E-state index contributed by atoms with van der Waals surface area (Å²) in [6.07, 6.45) is 3.56. The van der Waals surface area contributed by atoms with Crippen LogP contribution >= 0.6 is 0 Å². The first-order chi connectivity index (χ1) is 11.2. The summed E-state index contributed by atoms with van der Waals surface area (Å²) in [7, 11) is 0. The molecule has 120 valence electrons. The Morgan fingerprint density at radius 2 is 1.78 bits per heavy atom. The summed E-state index contributed by atoms with van der Waals surface area (Å²) in [6.45, 7) is 1.39. The smallest absolute Gasteiger partial charge is 0.388 e. The SMILES string of the molecule is O=C(C1CC1)N1CCC(n2nc(-c3ccccc3)oc2=O)CC1. The molecule has 1 aromatic heterocycles. The highest BCUT2D eigenvalue weighted by molar-refractivity contribution is 5.81. The van der Waals surface area contributed by atoms with Gasteiger partial charge in [0.2, 0.25) is 11.8 Å². The molecule has 2 heterocycles. The highest BCUT2D eigenvalue weighted by atomic mass is 16.4. The molecule has 1 aromatic carbocycles. The molecule has 6 nitrogen and oxygen atoms in total. The molecule has 4 rings (SSSR count). The monoisotopic (exact) mass is 313 g/mol. The van der Waals surface area contributed by atoms with E-state index < -0.39 is 5.76 Å². The van der Waals surface area contributed by atoms with Crippen LogP contribution in [0, 0.1) is 5.92 Å². The Kier molecular flexibility index (Phi) is 3.52. The zero-order valence-electron chi connectivity index (χ0n) is 12.9. The van der Waals surface area contributed by atoms with Gasteiger partial charge in [0.1, 0.15) is 0 Å². The normalized spacial score (nSPS) is 19.0. The van der Waals surface area contributed by atoms with Gasteiger partial charge in [-0.25, -0.2) is 4.79 Å². The third-order valence-corrected chi connectivity index (χ3v) is 4.64. The topological polar surface area (TPSA) is 68.3 Å². The minimum Gasteiger partial charge on any atom is -0.388 e. The molecule has 1 aliphatic heterocycles. The van der Waals surface area contributed by atoms with Gasteiger partial charge in [-0.3, -0.25) is 4.79 Å². The molecule has 2 fully saturated rings. The lowest BCUT2D eigenvalue weighted by atomic mass is 10.0. The summed E-state index contributed by atoms with van der Waals surface area (Å²) in [6, 6.07) is 9.42. The predicted octanol–water partition coefficient (Wildman–Crippen LogP) is 2.08. The molecule has 6 heteroatoms. The van der Waals surface area contributed by atoms with Crippen LogP contribution in [0.25, 0.3) is 11.5 Å². The molecule has 0 radical (unpaired) electrons. The number of piperidine rings is 1. The predicted molar refractivity (Wildman–Crippen MR) is 83.8 cm³/mol. The Labute approximate surface area is 133 Å². The lowest BCUT2D eigenvalue weighted by Gasteiger charge is -2.31. The van der Waals surface area contributed by atoms with Gasteiger partial charge < -0.3 is 9.32 Å². The zero-order chi connectivity index (χ0) is 15.8. The van der Waals surface area contributed by atoms with E-state index in [1.54, 1.807) is 0 Å². The second-order valence-electron chi connectivity index (χ2n) is 6.31. The second kappa shape index (κ2) is 5.68. The first-order valence-electron chi connectivity index (χ1n) is 8.16. The van der Waals surface area contributed by atoms with Crippen LogP contribution in [-0.2, 0) is 4.79 Å². The third kappa shape index (κ3) is 2.81. The molecule has 1 amide bonds. The van der Waals surface area contributed by atoms with Gasteiger partial charge in [0.05, 0.1) is 6.04 Å². The number of likely N-dealkylation sites (tertiary alicyclic amines) is 1. The van der Waals surface area contributed by atoms with Crippen molar-refractivity contribution in [2.45, 2.75) is 31.7 Å². The number of hydrogen-bond acceptors (Lipinski definition) is 4. The molecule has 0 spiro atoms. The van der Waals surface area contributed by atoms with E-state index in [0.29, 0.717) is 19.0 Å². The Morgan fingerprint density at radius 1 is 1.09 bits per heavy atom. The number of rotatable bonds is 3. The number of benzene rings is 1. The van der Waals surface area contributed by atoms with Crippen molar-refractivity contribution in [2.75, 3.05) is 13.1 Å². The summed E-state index contributed by atoms with van der Waals surface area (Å²) in [5.74, 6) is 0.467. The number of carbonyl (C=O) groups is 1. The van der Waals surface area contributed by atoms with E-state index in [1.165, 1.54) is 4.68 Å². The molecule has 1 aliphatic carbocycles. The Balaban J connectivity index is 1.48. The van der Waals surface area contributed by atoms with Crippen LogP contribution in [0.3, 0.4) is 0 Å². The standard InChI is InChI=1S/C17H19N3O3/c21-16(13-6-7-13)19-10-8-14(9-11-19)20-17(22)23-15(18-20)12-4-2-1-3-5-12/h1-5,13-14H,6-11H2. The van der Waals surface area contributed by atoms with Gasteiger partial charge in [-0.05, 0) is 37.8 Å². The minimum atomic E-state index is -0.421. The fourth-order valence-corrected chi connectivity index (χ4v) is 3.14. The van der Waals surface area contributed by atoms with Crippen molar-refractivity contribution in [3.05, 3.63) is 40.9 Å². The molecule has 1 saturated heterocycles. The van der Waals surface area contributed by atoms with E-state index in [1.807, 2.05) is 35.2 Å². The largest absolute Gasteiger partial charge is 0.437 e. The van der Waals surface area contributed by atoms with Crippen LogP contribution < -0.4 is 5.76 Å². The van der Waals surface area contributed by atoms with Crippen LogP contribution in [0.5, 0.6) is 0 Å². The Hall–Kier alpha value is -2.37. The Morgan fingerprint density at radius 3 is 2.43 bits per heavy atom. The van der Waals surface area contributed by atoms with Gasteiger partial charge in [-0.15, -0.1) is 5.10 Å². The summed E-state index contributed by atoms with van der Waals surface area (Å²) in [5, 5.41) is 4.36. The number of nitrogens with zero attached hydrogens (tertiary/aromatic N) is 3. The molecule has 0 atom stereocenters. The van der Waals surface area contributed by atoms with Crippen LogP contribution in [0.4, 0.5) is 0 Å². The number of hydrogen-bond donors (Lipinski definition) is 0. The van der Waals surface area contributed by atoms with Crippen LogP contribution in [0.15, 0.2) is 39.5 Å². The first-order valence-corrected chi connectivity index (χ1v) is 8.16. The van der Waals surface area contributed by atoms with E-state index in [-0.39, 0.29) is 17.9 Å².